The molecule has 0 rings (SSSR count). The molecule has 0 amide bonds. The maximum atomic E-state index is 10.5. The highest BCUT2D eigenvalue weighted by Crippen LogP contribution is 2.07. The summed E-state index contributed by atoms with van der Waals surface area (Å²) >= 11 is 0. The summed E-state index contributed by atoms with van der Waals surface area (Å²) in [6.45, 7) is 2.11. The van der Waals surface area contributed by atoms with Crippen LogP contribution in [0.15, 0.2) is 0 Å². The van der Waals surface area contributed by atoms with Crippen LogP contribution in [0.4, 0.5) is 0 Å². The Morgan fingerprint density at radius 1 is 0.800 bits per heavy atom. The second kappa shape index (κ2) is 16.5. The van der Waals surface area contributed by atoms with Gasteiger partial charge in [0.2, 0.25) is 0 Å². The van der Waals surface area contributed by atoms with Crippen molar-refractivity contribution in [3.05, 3.63) is 0 Å². The maximum absolute atomic E-state index is 10.5. The Morgan fingerprint density at radius 2 is 1.32 bits per heavy atom. The molecule has 0 aromatic heterocycles. The Balaban J connectivity index is 3.37. The van der Waals surface area contributed by atoms with Gasteiger partial charge in [-0.2, -0.15) is 8.42 Å². The van der Waals surface area contributed by atoms with Crippen LogP contribution in [0, 0.1) is 23.7 Å². The molecule has 2 N–H and O–H groups in total. The summed E-state index contributed by atoms with van der Waals surface area (Å²) < 4.78 is 29.6. The molecule has 0 fully saturated rings. The number of hydrogen-bond acceptors (Lipinski definition) is 3. The highest BCUT2D eigenvalue weighted by Gasteiger charge is 2.02. The summed E-state index contributed by atoms with van der Waals surface area (Å²) in [5.41, 5.74) is 0. The van der Waals surface area contributed by atoms with E-state index in [1.165, 1.54) is 19.3 Å². The molecule has 4 nitrogen and oxygen atoms in total. The Hall–Kier alpha value is -1.01. The van der Waals surface area contributed by atoms with Crippen molar-refractivity contribution < 1.29 is 18.1 Å². The normalized spacial score (nSPS) is 12.0. The summed E-state index contributed by atoms with van der Waals surface area (Å²) in [7, 11) is -3.82. The second-order valence-electron chi connectivity index (χ2n) is 6.34. The third-order valence-corrected chi connectivity index (χ3v) is 4.59. The smallest absolute Gasteiger partial charge is 0.264 e. The van der Waals surface area contributed by atoms with Gasteiger partial charge >= 0.3 is 0 Å². The average Bonchev–Trinajstić information content (AvgIpc) is 2.55. The van der Waals surface area contributed by atoms with Crippen molar-refractivity contribution >= 4 is 10.1 Å². The molecule has 0 aliphatic carbocycles. The van der Waals surface area contributed by atoms with Gasteiger partial charge in [0.15, 0.2) is 0 Å². The van der Waals surface area contributed by atoms with Crippen LogP contribution < -0.4 is 0 Å². The fourth-order valence-corrected chi connectivity index (χ4v) is 2.86. The molecule has 0 aromatic rings. The van der Waals surface area contributed by atoms with Gasteiger partial charge in [0.05, 0.1) is 5.75 Å². The van der Waals surface area contributed by atoms with Gasteiger partial charge in [0.1, 0.15) is 6.10 Å². The third kappa shape index (κ3) is 20.9. The molecule has 0 aromatic carbocycles. The minimum absolute atomic E-state index is 0.170. The quantitative estimate of drug-likeness (QED) is 0.287. The number of aliphatic hydroxyl groups is 1. The molecule has 0 bridgehead atoms. The first-order chi connectivity index (χ1) is 12.0. The van der Waals surface area contributed by atoms with Crippen molar-refractivity contribution in [2.75, 3.05) is 5.75 Å². The maximum Gasteiger partial charge on any atom is 0.264 e. The average molecular weight is 371 g/mol. The lowest BCUT2D eigenvalue weighted by Crippen LogP contribution is -2.02. The van der Waals surface area contributed by atoms with E-state index >= 15 is 0 Å². The molecule has 0 radical (unpaired) electrons. The van der Waals surface area contributed by atoms with E-state index in [1.807, 2.05) is 0 Å². The standard InChI is InChI=1S/C20H34O4S/c1-2-3-17-20(21)18-15-13-11-9-7-5-4-6-8-10-12-14-16-19-25(22,23)24/h20-21H,2-7,9,11-14,16-17,19H2,1H3,(H,22,23,24). The van der Waals surface area contributed by atoms with Crippen LogP contribution in [0.25, 0.3) is 0 Å². The van der Waals surface area contributed by atoms with Crippen molar-refractivity contribution in [1.82, 2.24) is 0 Å². The molecular formula is C20H34O4S. The minimum Gasteiger partial charge on any atom is -0.380 e. The van der Waals surface area contributed by atoms with Crippen molar-refractivity contribution in [1.29, 1.82) is 0 Å². The van der Waals surface area contributed by atoms with Gasteiger partial charge < -0.3 is 5.11 Å². The van der Waals surface area contributed by atoms with Crippen LogP contribution >= 0.6 is 0 Å². The monoisotopic (exact) mass is 370 g/mol. The van der Waals surface area contributed by atoms with Gasteiger partial charge in [-0.05, 0) is 32.1 Å². The fourth-order valence-electron chi connectivity index (χ4n) is 2.29. The molecule has 1 unspecified atom stereocenters. The molecule has 25 heavy (non-hydrogen) atoms. The first kappa shape index (κ1) is 24.0. The molecule has 0 saturated carbocycles. The van der Waals surface area contributed by atoms with Gasteiger partial charge in [-0.15, -0.1) is 17.8 Å². The van der Waals surface area contributed by atoms with Crippen molar-refractivity contribution in [3.8, 4) is 23.7 Å². The Labute approximate surface area is 154 Å². The largest absolute Gasteiger partial charge is 0.380 e. The van der Waals surface area contributed by atoms with Gasteiger partial charge in [0.25, 0.3) is 10.1 Å². The van der Waals surface area contributed by atoms with E-state index in [1.54, 1.807) is 0 Å². The van der Waals surface area contributed by atoms with E-state index in [-0.39, 0.29) is 5.75 Å². The van der Waals surface area contributed by atoms with Gasteiger partial charge in [0, 0.05) is 19.3 Å². The van der Waals surface area contributed by atoms with Crippen LogP contribution in [-0.4, -0.2) is 29.9 Å². The zero-order valence-electron chi connectivity index (χ0n) is 15.6. The van der Waals surface area contributed by atoms with E-state index in [0.29, 0.717) is 19.3 Å². The molecular weight excluding hydrogens is 336 g/mol. The van der Waals surface area contributed by atoms with Gasteiger partial charge in [-0.1, -0.05) is 44.9 Å². The van der Waals surface area contributed by atoms with E-state index < -0.39 is 16.2 Å². The lowest BCUT2D eigenvalue weighted by Gasteiger charge is -2.00. The molecule has 1 atom stereocenters. The van der Waals surface area contributed by atoms with Gasteiger partial charge in [-0.25, -0.2) is 0 Å². The lowest BCUT2D eigenvalue weighted by molar-refractivity contribution is 0.218. The molecule has 0 heterocycles. The second-order valence-corrected chi connectivity index (χ2v) is 7.92. The topological polar surface area (TPSA) is 74.6 Å². The predicted octanol–water partition coefficient (Wildman–Crippen LogP) is 4.33. The highest BCUT2D eigenvalue weighted by molar-refractivity contribution is 7.85. The molecule has 0 aliphatic heterocycles. The minimum atomic E-state index is -3.82. The Bertz CT molecular complexity index is 532. The molecule has 0 spiro atoms. The van der Waals surface area contributed by atoms with Crippen LogP contribution in [0.2, 0.25) is 0 Å². The first-order valence-electron chi connectivity index (χ1n) is 9.53. The number of unbranched alkanes of at least 4 members (excludes halogenated alkanes) is 9. The summed E-state index contributed by atoms with van der Waals surface area (Å²) in [5.74, 6) is 12.0. The molecule has 5 heteroatoms. The first-order valence-corrected chi connectivity index (χ1v) is 11.1. The van der Waals surface area contributed by atoms with E-state index in [4.69, 9.17) is 4.55 Å². The predicted molar refractivity (Wildman–Crippen MR) is 104 cm³/mol. The number of aliphatic hydroxyl groups excluding tert-OH is 1. The SMILES string of the molecule is CCCCC(O)C#CCCCCCCCC#CCCCCS(=O)(=O)O. The zero-order chi connectivity index (χ0) is 18.8. The fraction of sp³-hybridized carbons (Fsp3) is 0.800. The van der Waals surface area contributed by atoms with Crippen LogP contribution in [-0.2, 0) is 10.1 Å². The Kier molecular flexibility index (Phi) is 15.8. The Morgan fingerprint density at radius 3 is 1.88 bits per heavy atom. The molecule has 0 saturated heterocycles. The summed E-state index contributed by atoms with van der Waals surface area (Å²) in [4.78, 5) is 0. The van der Waals surface area contributed by atoms with E-state index in [0.717, 1.165) is 44.9 Å². The van der Waals surface area contributed by atoms with Crippen molar-refractivity contribution in [2.45, 2.75) is 96.5 Å². The summed E-state index contributed by atoms with van der Waals surface area (Å²) in [6, 6.07) is 0. The third-order valence-electron chi connectivity index (χ3n) is 3.78. The van der Waals surface area contributed by atoms with Gasteiger partial charge in [-0.3, -0.25) is 4.55 Å². The molecule has 144 valence electrons. The zero-order valence-corrected chi connectivity index (χ0v) is 16.4. The van der Waals surface area contributed by atoms with Crippen molar-refractivity contribution in [3.63, 3.8) is 0 Å². The molecule has 0 aliphatic rings. The number of hydrogen-bond donors (Lipinski definition) is 2. The van der Waals surface area contributed by atoms with Crippen LogP contribution in [0.5, 0.6) is 0 Å². The van der Waals surface area contributed by atoms with E-state index in [9.17, 15) is 13.5 Å². The van der Waals surface area contributed by atoms with E-state index in [2.05, 4.69) is 30.6 Å². The van der Waals surface area contributed by atoms with Crippen LogP contribution in [0.3, 0.4) is 0 Å². The summed E-state index contributed by atoms with van der Waals surface area (Å²) in [5, 5.41) is 9.58. The lowest BCUT2D eigenvalue weighted by atomic mass is 10.1. The van der Waals surface area contributed by atoms with Crippen molar-refractivity contribution in [2.24, 2.45) is 0 Å². The summed E-state index contributed by atoms with van der Waals surface area (Å²) in [6.07, 6.45) is 11.8. The number of rotatable bonds is 13. The van der Waals surface area contributed by atoms with Crippen LogP contribution in [0.1, 0.15) is 90.4 Å². The highest BCUT2D eigenvalue weighted by atomic mass is 32.2.